The maximum atomic E-state index is 12.5. The topological polar surface area (TPSA) is 101 Å². The van der Waals surface area contributed by atoms with Crippen LogP contribution in [0.15, 0.2) is 79.1 Å². The molecule has 0 aliphatic rings. The fourth-order valence-corrected chi connectivity index (χ4v) is 2.97. The van der Waals surface area contributed by atoms with Gasteiger partial charge in [-0.1, -0.05) is 42.5 Å². The Labute approximate surface area is 165 Å². The van der Waals surface area contributed by atoms with E-state index in [1.165, 1.54) is 6.20 Å². The summed E-state index contributed by atoms with van der Waals surface area (Å²) in [5, 5.41) is 14.8. The summed E-state index contributed by atoms with van der Waals surface area (Å²) in [4.78, 5) is 21.4. The molecular formula is C21H15N7O. The van der Waals surface area contributed by atoms with Crippen molar-refractivity contribution in [2.75, 3.05) is 5.32 Å². The van der Waals surface area contributed by atoms with Crippen LogP contribution in [0.4, 0.5) is 5.95 Å². The summed E-state index contributed by atoms with van der Waals surface area (Å²) in [5.74, 6) is 0.308. The van der Waals surface area contributed by atoms with E-state index in [1.807, 2.05) is 66.7 Å². The molecule has 2 N–H and O–H groups in total. The van der Waals surface area contributed by atoms with Crippen LogP contribution < -0.4 is 5.32 Å². The second kappa shape index (κ2) is 7.01. The number of hydrogen-bond acceptors (Lipinski definition) is 5. The van der Waals surface area contributed by atoms with Crippen molar-refractivity contribution in [3.63, 3.8) is 0 Å². The van der Waals surface area contributed by atoms with Gasteiger partial charge in [0.05, 0.1) is 23.0 Å². The smallest absolute Gasteiger partial charge is 0.261 e. The number of carbonyl (C=O) groups excluding carboxylic acids is 1. The Bertz CT molecular complexity index is 1310. The van der Waals surface area contributed by atoms with Gasteiger partial charge in [0.15, 0.2) is 5.82 Å². The molecule has 1 amide bonds. The Morgan fingerprint density at radius 1 is 0.931 bits per heavy atom. The number of carbonyl (C=O) groups is 1. The molecule has 0 unspecified atom stereocenters. The number of H-pyrrole nitrogens is 1. The molecule has 0 aliphatic carbocycles. The van der Waals surface area contributed by atoms with Crippen LogP contribution in [0.25, 0.3) is 28.1 Å². The normalized spacial score (nSPS) is 10.9. The molecule has 0 aliphatic heterocycles. The van der Waals surface area contributed by atoms with Gasteiger partial charge in [0.2, 0.25) is 5.95 Å². The third-order valence-electron chi connectivity index (χ3n) is 4.42. The number of aromatic amines is 1. The Balaban J connectivity index is 1.34. The van der Waals surface area contributed by atoms with Gasteiger partial charge in [-0.05, 0) is 24.3 Å². The van der Waals surface area contributed by atoms with Crippen LogP contribution in [0.3, 0.4) is 0 Å². The average molecular weight is 381 g/mol. The Kier molecular flexibility index (Phi) is 4.06. The number of hydrogen-bond donors (Lipinski definition) is 2. The van der Waals surface area contributed by atoms with Crippen LogP contribution in [-0.2, 0) is 0 Å². The van der Waals surface area contributed by atoms with Gasteiger partial charge < -0.3 is 0 Å². The fraction of sp³-hybridized carbons (Fsp3) is 0. The van der Waals surface area contributed by atoms with Crippen molar-refractivity contribution in [1.29, 1.82) is 0 Å². The highest BCUT2D eigenvalue weighted by Gasteiger charge is 2.14. The number of amides is 1. The largest absolute Gasteiger partial charge is 0.289 e. The van der Waals surface area contributed by atoms with Crippen LogP contribution in [0.1, 0.15) is 10.4 Å². The fourth-order valence-electron chi connectivity index (χ4n) is 2.97. The van der Waals surface area contributed by atoms with Gasteiger partial charge >= 0.3 is 0 Å². The van der Waals surface area contributed by atoms with Crippen LogP contribution in [0.2, 0.25) is 0 Å². The van der Waals surface area contributed by atoms with E-state index in [1.54, 1.807) is 10.9 Å². The minimum atomic E-state index is -0.343. The van der Waals surface area contributed by atoms with E-state index in [0.29, 0.717) is 17.1 Å². The van der Waals surface area contributed by atoms with Crippen molar-refractivity contribution in [2.24, 2.45) is 0 Å². The zero-order chi connectivity index (χ0) is 19.6. The predicted octanol–water partition coefficient (Wildman–Crippen LogP) is 3.46. The molecule has 8 nitrogen and oxygen atoms in total. The number of nitrogens with one attached hydrogen (secondary N) is 2. The summed E-state index contributed by atoms with van der Waals surface area (Å²) in [6.45, 7) is 0. The van der Waals surface area contributed by atoms with Gasteiger partial charge in [0.1, 0.15) is 5.69 Å². The first-order valence-electron chi connectivity index (χ1n) is 8.96. The van der Waals surface area contributed by atoms with Gasteiger partial charge in [-0.15, -0.1) is 5.10 Å². The molecule has 29 heavy (non-hydrogen) atoms. The molecule has 0 spiro atoms. The van der Waals surface area contributed by atoms with Crippen LogP contribution in [-0.4, -0.2) is 35.9 Å². The van der Waals surface area contributed by atoms with E-state index in [4.69, 9.17) is 0 Å². The van der Waals surface area contributed by atoms with Crippen LogP contribution in [0, 0.1) is 0 Å². The van der Waals surface area contributed by atoms with E-state index in [9.17, 15) is 4.79 Å². The van der Waals surface area contributed by atoms with Crippen molar-refractivity contribution in [3.05, 3.63) is 84.7 Å². The molecular weight excluding hydrogens is 366 g/mol. The number of pyridine rings is 1. The van der Waals surface area contributed by atoms with Gasteiger partial charge in [0.25, 0.3) is 5.91 Å². The maximum absolute atomic E-state index is 12.5. The maximum Gasteiger partial charge on any atom is 0.261 e. The highest BCUT2D eigenvalue weighted by molar-refractivity contribution is 6.03. The molecule has 5 rings (SSSR count). The van der Waals surface area contributed by atoms with Gasteiger partial charge in [0, 0.05) is 11.6 Å². The van der Waals surface area contributed by atoms with Crippen LogP contribution >= 0.6 is 0 Å². The van der Waals surface area contributed by atoms with E-state index in [2.05, 4.69) is 30.6 Å². The van der Waals surface area contributed by atoms with Crippen molar-refractivity contribution < 1.29 is 4.79 Å². The van der Waals surface area contributed by atoms with Gasteiger partial charge in [-0.25, -0.2) is 9.67 Å². The quantitative estimate of drug-likeness (QED) is 0.496. The lowest BCUT2D eigenvalue weighted by atomic mass is 10.2. The molecule has 0 atom stereocenters. The lowest BCUT2D eigenvalue weighted by molar-refractivity contribution is 0.102. The molecule has 3 aromatic heterocycles. The average Bonchev–Trinajstić information content (AvgIpc) is 3.44. The minimum absolute atomic E-state index is 0.174. The summed E-state index contributed by atoms with van der Waals surface area (Å²) in [6, 6.07) is 21.2. The molecule has 3 heterocycles. The summed E-state index contributed by atoms with van der Waals surface area (Å²) in [5.41, 5.74) is 2.78. The zero-order valence-corrected chi connectivity index (χ0v) is 15.1. The molecule has 0 fully saturated rings. The van der Waals surface area contributed by atoms with Crippen molar-refractivity contribution in [2.45, 2.75) is 0 Å². The third kappa shape index (κ3) is 3.34. The number of benzene rings is 2. The predicted molar refractivity (Wildman–Crippen MR) is 109 cm³/mol. The minimum Gasteiger partial charge on any atom is -0.289 e. The van der Waals surface area contributed by atoms with Crippen molar-refractivity contribution in [3.8, 4) is 17.2 Å². The number of para-hydroxylation sites is 2. The number of fused-ring (bicyclic) bond motifs is 1. The summed E-state index contributed by atoms with van der Waals surface area (Å²) in [7, 11) is 0. The lowest BCUT2D eigenvalue weighted by Crippen LogP contribution is -2.12. The van der Waals surface area contributed by atoms with E-state index in [0.717, 1.165) is 16.6 Å². The SMILES string of the molecule is O=C(Nc1n[nH]c(-c2ccc3ccccc3n2)n1)c1cnn(-c2ccccc2)c1. The Hall–Kier alpha value is -4.33. The van der Waals surface area contributed by atoms with Gasteiger partial charge in [-0.3, -0.25) is 15.2 Å². The number of anilines is 1. The summed E-state index contributed by atoms with van der Waals surface area (Å²) < 4.78 is 1.64. The molecule has 8 heteroatoms. The molecule has 0 saturated heterocycles. The molecule has 5 aromatic rings. The second-order valence-corrected chi connectivity index (χ2v) is 6.36. The Morgan fingerprint density at radius 3 is 2.66 bits per heavy atom. The number of aromatic nitrogens is 6. The lowest BCUT2D eigenvalue weighted by Gasteiger charge is -2.00. The molecule has 0 bridgehead atoms. The zero-order valence-electron chi connectivity index (χ0n) is 15.1. The first kappa shape index (κ1) is 16.8. The van der Waals surface area contributed by atoms with Crippen LogP contribution in [0.5, 0.6) is 0 Å². The number of rotatable bonds is 4. The van der Waals surface area contributed by atoms with E-state index >= 15 is 0 Å². The van der Waals surface area contributed by atoms with Gasteiger partial charge in [-0.2, -0.15) is 10.1 Å². The van der Waals surface area contributed by atoms with E-state index in [-0.39, 0.29) is 11.9 Å². The molecule has 2 aromatic carbocycles. The van der Waals surface area contributed by atoms with Crippen molar-refractivity contribution >= 4 is 22.8 Å². The molecule has 0 saturated carbocycles. The highest BCUT2D eigenvalue weighted by atomic mass is 16.1. The van der Waals surface area contributed by atoms with E-state index < -0.39 is 0 Å². The Morgan fingerprint density at radius 2 is 1.76 bits per heavy atom. The standard InChI is InChI=1S/C21H15N7O/c29-20(15-12-22-28(13-15)16-7-2-1-3-8-16)25-21-24-19(26-27-21)18-11-10-14-6-4-5-9-17(14)23-18/h1-13H,(H2,24,25,26,27,29). The molecule has 0 radical (unpaired) electrons. The second-order valence-electron chi connectivity index (χ2n) is 6.36. The summed E-state index contributed by atoms with van der Waals surface area (Å²) in [6.07, 6.45) is 3.16. The molecule has 140 valence electrons. The third-order valence-corrected chi connectivity index (χ3v) is 4.42. The first-order chi connectivity index (χ1) is 14.3. The van der Waals surface area contributed by atoms with Crippen molar-refractivity contribution in [1.82, 2.24) is 29.9 Å². The highest BCUT2D eigenvalue weighted by Crippen LogP contribution is 2.19. The summed E-state index contributed by atoms with van der Waals surface area (Å²) >= 11 is 0. The monoisotopic (exact) mass is 381 g/mol. The first-order valence-corrected chi connectivity index (χ1v) is 8.96. The number of nitrogens with zero attached hydrogens (tertiary/aromatic N) is 5.